The Hall–Kier alpha value is -1.13. The summed E-state index contributed by atoms with van der Waals surface area (Å²) in [5.41, 5.74) is 0. The fourth-order valence-corrected chi connectivity index (χ4v) is 0.571. The molecule has 1 rings (SSSR count). The van der Waals surface area contributed by atoms with Gasteiger partial charge in [-0.25, -0.2) is 0 Å². The van der Waals surface area contributed by atoms with Gasteiger partial charge in [0.15, 0.2) is 0 Å². The van der Waals surface area contributed by atoms with Crippen LogP contribution in [0.5, 0.6) is 0 Å². The number of carboxylic acid groups (broad SMARTS) is 1. The normalized spacial score (nSPS) is 17.6. The summed E-state index contributed by atoms with van der Waals surface area (Å²) in [4.78, 5) is 9.53. The number of ether oxygens (including phenoxy) is 2. The highest BCUT2D eigenvalue weighted by molar-refractivity contribution is 5.68. The van der Waals surface area contributed by atoms with E-state index in [4.69, 9.17) is 14.6 Å². The average molecular weight is 200 g/mol. The second-order valence-corrected chi connectivity index (χ2v) is 2.67. The van der Waals surface area contributed by atoms with Crippen LogP contribution < -0.4 is 0 Å². The van der Waals surface area contributed by atoms with Gasteiger partial charge in [-0.05, 0) is 0 Å². The van der Waals surface area contributed by atoms with Crippen molar-refractivity contribution >= 4 is 5.97 Å². The van der Waals surface area contributed by atoms with E-state index in [2.05, 4.69) is 13.2 Å². The highest BCUT2D eigenvalue weighted by Crippen LogP contribution is 2.07. The van der Waals surface area contributed by atoms with Gasteiger partial charge in [0.05, 0.1) is 26.2 Å². The van der Waals surface area contributed by atoms with E-state index in [-0.39, 0.29) is 6.42 Å². The number of epoxide rings is 1. The number of hydrogen-bond acceptors (Lipinski definition) is 3. The second kappa shape index (κ2) is 8.47. The summed E-state index contributed by atoms with van der Waals surface area (Å²) in [5.74, 6) is -0.829. The van der Waals surface area contributed by atoms with Crippen molar-refractivity contribution < 1.29 is 19.4 Å². The van der Waals surface area contributed by atoms with Gasteiger partial charge < -0.3 is 14.6 Å². The zero-order chi connectivity index (χ0) is 10.8. The molecule has 14 heavy (non-hydrogen) atoms. The van der Waals surface area contributed by atoms with E-state index in [9.17, 15) is 4.79 Å². The quantitative estimate of drug-likeness (QED) is 0.398. The predicted molar refractivity (Wildman–Crippen MR) is 53.2 cm³/mol. The third-order valence-corrected chi connectivity index (χ3v) is 1.26. The van der Waals surface area contributed by atoms with Crippen molar-refractivity contribution in [1.29, 1.82) is 0 Å². The molecule has 0 aromatic carbocycles. The molecule has 0 aromatic heterocycles. The molecule has 80 valence electrons. The Balaban J connectivity index is 0.000000255. The minimum Gasteiger partial charge on any atom is -0.481 e. The lowest BCUT2D eigenvalue weighted by molar-refractivity contribution is -0.135. The molecule has 1 fully saturated rings. The van der Waals surface area contributed by atoms with E-state index < -0.39 is 5.97 Å². The van der Waals surface area contributed by atoms with Gasteiger partial charge in [-0.2, -0.15) is 0 Å². The Morgan fingerprint density at radius 3 is 2.50 bits per heavy atom. The molecule has 1 unspecified atom stereocenters. The number of aliphatic carboxylic acids is 1. The van der Waals surface area contributed by atoms with Crippen LogP contribution in [0.1, 0.15) is 6.42 Å². The molecule has 4 heteroatoms. The van der Waals surface area contributed by atoms with E-state index >= 15 is 0 Å². The van der Waals surface area contributed by atoms with E-state index in [1.807, 2.05) is 0 Å². The lowest BCUT2D eigenvalue weighted by Crippen LogP contribution is -2.00. The summed E-state index contributed by atoms with van der Waals surface area (Å²) < 4.78 is 9.96. The third kappa shape index (κ3) is 10.9. The van der Waals surface area contributed by atoms with Gasteiger partial charge in [-0.15, -0.1) is 13.2 Å². The summed E-state index contributed by atoms with van der Waals surface area (Å²) in [6.45, 7) is 8.97. The Labute approximate surface area is 83.8 Å². The fourth-order valence-electron chi connectivity index (χ4n) is 0.571. The molecule has 4 nitrogen and oxygen atoms in total. The third-order valence-electron chi connectivity index (χ3n) is 1.26. The highest BCUT2D eigenvalue weighted by atomic mass is 16.6. The molecule has 1 heterocycles. The second-order valence-electron chi connectivity index (χ2n) is 2.67. The molecule has 0 amide bonds. The zero-order valence-corrected chi connectivity index (χ0v) is 8.15. The summed E-state index contributed by atoms with van der Waals surface area (Å²) >= 11 is 0. The number of hydrogen-bond donors (Lipinski definition) is 1. The summed E-state index contributed by atoms with van der Waals surface area (Å²) in [5, 5.41) is 7.84. The van der Waals surface area contributed by atoms with Crippen LogP contribution in [0.25, 0.3) is 0 Å². The van der Waals surface area contributed by atoms with Crippen molar-refractivity contribution in [2.45, 2.75) is 12.5 Å². The molecule has 0 aliphatic carbocycles. The van der Waals surface area contributed by atoms with Crippen LogP contribution in [0.15, 0.2) is 25.3 Å². The van der Waals surface area contributed by atoms with Gasteiger partial charge in [0.2, 0.25) is 0 Å². The molecule has 1 atom stereocenters. The van der Waals surface area contributed by atoms with Gasteiger partial charge >= 0.3 is 5.97 Å². The Kier molecular flexibility index (Phi) is 7.78. The molecule has 0 aromatic rings. The first kappa shape index (κ1) is 12.9. The largest absolute Gasteiger partial charge is 0.481 e. The van der Waals surface area contributed by atoms with Crippen LogP contribution in [0.4, 0.5) is 0 Å². The van der Waals surface area contributed by atoms with Gasteiger partial charge in [0, 0.05) is 0 Å². The molecule has 1 N–H and O–H groups in total. The molecule has 0 bridgehead atoms. The lowest BCUT2D eigenvalue weighted by atomic mass is 10.4. The minimum absolute atomic E-state index is 0.0556. The van der Waals surface area contributed by atoms with Crippen molar-refractivity contribution in [2.24, 2.45) is 0 Å². The Morgan fingerprint density at radius 2 is 2.21 bits per heavy atom. The van der Waals surface area contributed by atoms with Crippen molar-refractivity contribution in [1.82, 2.24) is 0 Å². The first-order chi connectivity index (χ1) is 6.70. The summed E-state index contributed by atoms with van der Waals surface area (Å²) in [6.07, 6.45) is 3.53. The summed E-state index contributed by atoms with van der Waals surface area (Å²) in [6, 6.07) is 0. The fraction of sp³-hybridized carbons (Fsp3) is 0.500. The van der Waals surface area contributed by atoms with E-state index in [0.29, 0.717) is 12.7 Å². The first-order valence-electron chi connectivity index (χ1n) is 4.33. The van der Waals surface area contributed by atoms with Crippen LogP contribution in [0, 0.1) is 0 Å². The predicted octanol–water partition coefficient (Wildman–Crippen LogP) is 1.23. The van der Waals surface area contributed by atoms with E-state index in [1.54, 1.807) is 6.08 Å². The first-order valence-corrected chi connectivity index (χ1v) is 4.33. The van der Waals surface area contributed by atoms with Crippen molar-refractivity contribution in [3.63, 3.8) is 0 Å². The van der Waals surface area contributed by atoms with Crippen molar-refractivity contribution in [2.75, 3.05) is 19.8 Å². The van der Waals surface area contributed by atoms with Crippen molar-refractivity contribution in [3.8, 4) is 0 Å². The number of rotatable bonds is 6. The van der Waals surface area contributed by atoms with Crippen LogP contribution >= 0.6 is 0 Å². The Bertz CT molecular complexity index is 185. The smallest absolute Gasteiger partial charge is 0.307 e. The zero-order valence-electron chi connectivity index (χ0n) is 8.15. The topological polar surface area (TPSA) is 59.1 Å². The number of carbonyl (C=O) groups is 1. The minimum atomic E-state index is -0.829. The average Bonchev–Trinajstić information content (AvgIpc) is 2.89. The maximum Gasteiger partial charge on any atom is 0.307 e. The van der Waals surface area contributed by atoms with Gasteiger partial charge in [-0.1, -0.05) is 12.2 Å². The number of carboxylic acids is 1. The molecular weight excluding hydrogens is 184 g/mol. The Morgan fingerprint density at radius 1 is 1.57 bits per heavy atom. The van der Waals surface area contributed by atoms with Gasteiger partial charge in [0.25, 0.3) is 0 Å². The van der Waals surface area contributed by atoms with E-state index in [1.165, 1.54) is 6.08 Å². The standard InChI is InChI=1S/C6H10O2.C4H6O2/c1-2-3-7-4-6-5-8-6;1-2-3-4(5)6/h2,6H,1,3-5H2;2H,1,3H2,(H,5,6). The monoisotopic (exact) mass is 200 g/mol. The van der Waals surface area contributed by atoms with Crippen LogP contribution in [0.2, 0.25) is 0 Å². The molecule has 1 aliphatic rings. The summed E-state index contributed by atoms with van der Waals surface area (Å²) in [7, 11) is 0. The van der Waals surface area contributed by atoms with E-state index in [0.717, 1.165) is 13.2 Å². The molecule has 1 saturated heterocycles. The molecular formula is C10H16O4. The van der Waals surface area contributed by atoms with Crippen LogP contribution in [-0.4, -0.2) is 37.0 Å². The van der Waals surface area contributed by atoms with Crippen LogP contribution in [0.3, 0.4) is 0 Å². The lowest BCUT2D eigenvalue weighted by Gasteiger charge is -1.92. The van der Waals surface area contributed by atoms with Gasteiger partial charge in [0.1, 0.15) is 6.10 Å². The molecule has 0 saturated carbocycles. The maximum atomic E-state index is 9.53. The molecule has 0 spiro atoms. The maximum absolute atomic E-state index is 9.53. The molecule has 0 radical (unpaired) electrons. The molecule has 1 aliphatic heterocycles. The van der Waals surface area contributed by atoms with Gasteiger partial charge in [-0.3, -0.25) is 4.79 Å². The highest BCUT2D eigenvalue weighted by Gasteiger charge is 2.21. The SMILES string of the molecule is C=CCC(=O)O.C=CCOCC1CO1. The van der Waals surface area contributed by atoms with Crippen LogP contribution in [-0.2, 0) is 14.3 Å². The van der Waals surface area contributed by atoms with Crippen molar-refractivity contribution in [3.05, 3.63) is 25.3 Å².